The number of nitrogens with one attached hydrogen (secondary N) is 1. The van der Waals surface area contributed by atoms with Crippen LogP contribution in [0.1, 0.15) is 62.4 Å². The molecule has 1 aliphatic carbocycles. The van der Waals surface area contributed by atoms with Crippen LogP contribution in [0.5, 0.6) is 0 Å². The van der Waals surface area contributed by atoms with Crippen LogP contribution in [-0.2, 0) is 28.9 Å². The Morgan fingerprint density at radius 1 is 1.20 bits per heavy atom. The molecule has 1 unspecified atom stereocenters. The number of hydrogen-bond acceptors (Lipinski definition) is 5. The topological polar surface area (TPSA) is 74.3 Å². The molecule has 0 spiro atoms. The summed E-state index contributed by atoms with van der Waals surface area (Å²) < 4.78 is 41.4. The number of nitrogens with two attached hydrogens (primary N) is 1. The number of halogens is 2. The number of likely N-dealkylation sites (N-methyl/N-ethyl adjacent to an activating group) is 1. The summed E-state index contributed by atoms with van der Waals surface area (Å²) in [4.78, 5) is 0. The largest absolute Gasteiger partial charge is 0.381 e. The standard InChI is InChI=1S/C22H38F2N4O2/c1-4-29-14-21(15-30-5-2)8-6-16(7-9-21)20-18(10-17(12-25)26-3)27-28-13-22(23,24)11-19(20)28/h16-17,26H,4-15,25H2,1-3H3. The number of hydrogen-bond donors (Lipinski definition) is 2. The van der Waals surface area contributed by atoms with E-state index in [-0.39, 0.29) is 30.3 Å². The Balaban J connectivity index is 1.81. The van der Waals surface area contributed by atoms with E-state index in [9.17, 15) is 8.78 Å². The van der Waals surface area contributed by atoms with E-state index in [0.29, 0.717) is 39.4 Å². The molecule has 3 N–H and O–H groups in total. The minimum Gasteiger partial charge on any atom is -0.381 e. The van der Waals surface area contributed by atoms with E-state index in [4.69, 9.17) is 15.2 Å². The molecule has 1 aromatic rings. The van der Waals surface area contributed by atoms with E-state index in [0.717, 1.165) is 42.6 Å². The quantitative estimate of drug-likeness (QED) is 0.567. The fourth-order valence-corrected chi connectivity index (χ4v) is 5.05. The van der Waals surface area contributed by atoms with Crippen molar-refractivity contribution in [2.75, 3.05) is 40.0 Å². The van der Waals surface area contributed by atoms with Crippen molar-refractivity contribution in [2.24, 2.45) is 11.1 Å². The van der Waals surface area contributed by atoms with Crippen LogP contribution < -0.4 is 11.1 Å². The summed E-state index contributed by atoms with van der Waals surface area (Å²) in [5, 5.41) is 7.84. The molecule has 6 nitrogen and oxygen atoms in total. The zero-order chi connectivity index (χ0) is 21.8. The Kier molecular flexibility index (Phi) is 7.87. The molecule has 8 heteroatoms. The molecular weight excluding hydrogens is 390 g/mol. The van der Waals surface area contributed by atoms with Gasteiger partial charge in [-0.1, -0.05) is 0 Å². The molecule has 30 heavy (non-hydrogen) atoms. The number of nitrogens with zero attached hydrogens (tertiary/aromatic N) is 2. The SMILES string of the molecule is CCOCC1(COCC)CCC(c2c(CC(CN)NC)nn3c2CC(F)(F)C3)CC1. The first-order valence-electron chi connectivity index (χ1n) is 11.4. The van der Waals surface area contributed by atoms with E-state index < -0.39 is 5.92 Å². The van der Waals surface area contributed by atoms with E-state index in [1.165, 1.54) is 0 Å². The molecule has 1 aromatic heterocycles. The molecule has 0 aromatic carbocycles. The van der Waals surface area contributed by atoms with Gasteiger partial charge in [-0.3, -0.25) is 4.68 Å². The molecule has 0 saturated heterocycles. The van der Waals surface area contributed by atoms with Crippen LogP contribution in [-0.4, -0.2) is 61.8 Å². The minimum atomic E-state index is -2.70. The Morgan fingerprint density at radius 3 is 2.37 bits per heavy atom. The van der Waals surface area contributed by atoms with E-state index >= 15 is 0 Å². The van der Waals surface area contributed by atoms with Gasteiger partial charge in [0.25, 0.3) is 5.92 Å². The number of fused-ring (bicyclic) bond motifs is 1. The molecule has 0 bridgehead atoms. The summed E-state index contributed by atoms with van der Waals surface area (Å²) in [7, 11) is 1.88. The highest BCUT2D eigenvalue weighted by Gasteiger charge is 2.44. The van der Waals surface area contributed by atoms with Crippen LogP contribution in [0.15, 0.2) is 0 Å². The molecule has 2 aliphatic rings. The molecule has 0 radical (unpaired) electrons. The average Bonchev–Trinajstić information content (AvgIpc) is 3.20. The number of rotatable bonds is 11. The summed E-state index contributed by atoms with van der Waals surface area (Å²) in [5.74, 6) is -2.45. The number of ether oxygens (including phenoxy) is 2. The van der Waals surface area contributed by atoms with Crippen molar-refractivity contribution in [2.45, 2.75) is 76.8 Å². The van der Waals surface area contributed by atoms with Gasteiger partial charge in [-0.2, -0.15) is 5.10 Å². The zero-order valence-corrected chi connectivity index (χ0v) is 18.7. The lowest BCUT2D eigenvalue weighted by Gasteiger charge is -2.40. The van der Waals surface area contributed by atoms with Gasteiger partial charge in [0.15, 0.2) is 0 Å². The lowest BCUT2D eigenvalue weighted by Crippen LogP contribution is -2.37. The number of aromatic nitrogens is 2. The molecule has 1 aliphatic heterocycles. The maximum Gasteiger partial charge on any atom is 0.272 e. The summed E-state index contributed by atoms with van der Waals surface area (Å²) in [6, 6.07) is 0.0958. The molecule has 1 atom stereocenters. The highest BCUT2D eigenvalue weighted by molar-refractivity contribution is 5.34. The zero-order valence-electron chi connectivity index (χ0n) is 18.7. The molecule has 1 fully saturated rings. The second kappa shape index (κ2) is 10.0. The van der Waals surface area contributed by atoms with Crippen molar-refractivity contribution in [3.8, 4) is 0 Å². The number of alkyl halides is 2. The fourth-order valence-electron chi connectivity index (χ4n) is 5.05. The minimum absolute atomic E-state index is 0.0216. The smallest absolute Gasteiger partial charge is 0.272 e. The van der Waals surface area contributed by atoms with Gasteiger partial charge in [0, 0.05) is 43.3 Å². The third-order valence-corrected chi connectivity index (χ3v) is 6.79. The van der Waals surface area contributed by atoms with Crippen molar-refractivity contribution < 1.29 is 18.3 Å². The third-order valence-electron chi connectivity index (χ3n) is 6.79. The first-order valence-corrected chi connectivity index (χ1v) is 11.4. The van der Waals surface area contributed by atoms with Crippen LogP contribution in [0, 0.1) is 5.41 Å². The molecule has 3 rings (SSSR count). The van der Waals surface area contributed by atoms with E-state index in [2.05, 4.69) is 10.4 Å². The van der Waals surface area contributed by atoms with Gasteiger partial charge in [-0.15, -0.1) is 0 Å². The fraction of sp³-hybridized carbons (Fsp3) is 0.864. The van der Waals surface area contributed by atoms with Crippen LogP contribution in [0.3, 0.4) is 0 Å². The third kappa shape index (κ3) is 5.21. The Labute approximate surface area is 178 Å². The van der Waals surface area contributed by atoms with Crippen LogP contribution in [0.4, 0.5) is 8.78 Å². The maximum absolute atomic E-state index is 14.1. The first-order chi connectivity index (χ1) is 14.4. The summed E-state index contributed by atoms with van der Waals surface area (Å²) >= 11 is 0. The van der Waals surface area contributed by atoms with E-state index in [1.807, 2.05) is 20.9 Å². The van der Waals surface area contributed by atoms with Gasteiger partial charge < -0.3 is 20.5 Å². The van der Waals surface area contributed by atoms with E-state index in [1.54, 1.807) is 4.68 Å². The molecule has 1 saturated carbocycles. The maximum atomic E-state index is 14.1. The lowest BCUT2D eigenvalue weighted by atomic mass is 9.69. The van der Waals surface area contributed by atoms with Crippen LogP contribution >= 0.6 is 0 Å². The first kappa shape index (κ1) is 23.6. The van der Waals surface area contributed by atoms with Gasteiger partial charge in [0.1, 0.15) is 6.54 Å². The predicted octanol–water partition coefficient (Wildman–Crippen LogP) is 2.88. The highest BCUT2D eigenvalue weighted by atomic mass is 19.3. The molecule has 172 valence electrons. The second-order valence-electron chi connectivity index (χ2n) is 8.97. The van der Waals surface area contributed by atoms with Gasteiger partial charge >= 0.3 is 0 Å². The Bertz CT molecular complexity index is 673. The highest BCUT2D eigenvalue weighted by Crippen LogP contribution is 2.47. The average molecular weight is 429 g/mol. The van der Waals surface area contributed by atoms with Crippen LogP contribution in [0.2, 0.25) is 0 Å². The van der Waals surface area contributed by atoms with Gasteiger partial charge in [-0.05, 0) is 58.1 Å². The predicted molar refractivity (Wildman–Crippen MR) is 113 cm³/mol. The second-order valence-corrected chi connectivity index (χ2v) is 8.97. The van der Waals surface area contributed by atoms with Gasteiger partial charge in [-0.25, -0.2) is 8.78 Å². The van der Waals surface area contributed by atoms with Gasteiger partial charge in [0.2, 0.25) is 0 Å². The Hall–Kier alpha value is -1.09. The van der Waals surface area contributed by atoms with Crippen molar-refractivity contribution in [1.82, 2.24) is 15.1 Å². The normalized spacial score (nSPS) is 21.7. The molecule has 0 amide bonds. The van der Waals surface area contributed by atoms with Crippen molar-refractivity contribution in [3.05, 3.63) is 17.0 Å². The van der Waals surface area contributed by atoms with Crippen molar-refractivity contribution >= 4 is 0 Å². The van der Waals surface area contributed by atoms with Crippen LogP contribution in [0.25, 0.3) is 0 Å². The summed E-state index contributed by atoms with van der Waals surface area (Å²) in [6.07, 6.45) is 4.32. The Morgan fingerprint density at radius 2 is 1.83 bits per heavy atom. The molecular formula is C22H38F2N4O2. The molecule has 2 heterocycles. The van der Waals surface area contributed by atoms with Crippen molar-refractivity contribution in [3.63, 3.8) is 0 Å². The van der Waals surface area contributed by atoms with Crippen molar-refractivity contribution in [1.29, 1.82) is 0 Å². The monoisotopic (exact) mass is 428 g/mol. The van der Waals surface area contributed by atoms with Gasteiger partial charge in [0.05, 0.1) is 25.3 Å². The summed E-state index contributed by atoms with van der Waals surface area (Å²) in [6.45, 7) is 6.98. The summed E-state index contributed by atoms with van der Waals surface area (Å²) in [5.41, 5.74) is 8.63. The lowest BCUT2D eigenvalue weighted by molar-refractivity contribution is -0.0396.